The van der Waals surface area contributed by atoms with Gasteiger partial charge in [0.1, 0.15) is 30.4 Å². The van der Waals surface area contributed by atoms with Crippen LogP contribution in [0, 0.1) is 11.7 Å². The van der Waals surface area contributed by atoms with Gasteiger partial charge in [0.25, 0.3) is 11.8 Å². The van der Waals surface area contributed by atoms with Crippen LogP contribution in [-0.4, -0.2) is 126 Å². The zero-order chi connectivity index (χ0) is 45.8. The zero-order valence-electron chi connectivity index (χ0n) is 38.1. The van der Waals surface area contributed by atoms with Crippen molar-refractivity contribution in [1.29, 1.82) is 0 Å². The lowest BCUT2D eigenvalue weighted by Gasteiger charge is -2.38. The largest absolute Gasteiger partial charge is 0.487 e. The van der Waals surface area contributed by atoms with E-state index in [4.69, 9.17) is 27.4 Å². The first kappa shape index (κ1) is 46.8. The Labute approximate surface area is 380 Å². The molecule has 2 saturated heterocycles. The van der Waals surface area contributed by atoms with Gasteiger partial charge in [-0.25, -0.2) is 19.8 Å². The number of benzene rings is 1. The van der Waals surface area contributed by atoms with Crippen molar-refractivity contribution < 1.29 is 23.5 Å². The second-order valence-corrected chi connectivity index (χ2v) is 17.8. The number of imide groups is 1. The van der Waals surface area contributed by atoms with Gasteiger partial charge < -0.3 is 39.8 Å². The third kappa shape index (κ3) is 9.73. The maximum Gasteiger partial charge on any atom is 0.262 e. The minimum atomic E-state index is -0.617. The molecule has 0 radical (unpaired) electrons. The molecule has 7 rings (SSSR count). The van der Waals surface area contributed by atoms with Crippen LogP contribution in [0.2, 0.25) is 0 Å². The van der Waals surface area contributed by atoms with E-state index >= 15 is 4.39 Å². The first-order chi connectivity index (χ1) is 30.8. The molecule has 6 atom stereocenters. The van der Waals surface area contributed by atoms with Crippen LogP contribution in [0.15, 0.2) is 71.0 Å². The molecule has 2 aromatic heterocycles. The van der Waals surface area contributed by atoms with Gasteiger partial charge in [-0.05, 0) is 100 Å². The Hall–Kier alpha value is -5.20. The third-order valence-corrected chi connectivity index (χ3v) is 13.1. The molecule has 0 bridgehead atoms. The summed E-state index contributed by atoms with van der Waals surface area (Å²) in [6.07, 6.45) is 14.2. The van der Waals surface area contributed by atoms with E-state index in [-0.39, 0.29) is 52.9 Å². The Morgan fingerprint density at radius 2 is 2.00 bits per heavy atom. The van der Waals surface area contributed by atoms with Crippen molar-refractivity contribution >= 4 is 57.5 Å². The van der Waals surface area contributed by atoms with Crippen molar-refractivity contribution in [3.8, 4) is 5.75 Å². The molecule has 0 aliphatic carbocycles. The Morgan fingerprint density at radius 3 is 2.67 bits per heavy atom. The van der Waals surface area contributed by atoms with E-state index in [1.54, 1.807) is 38.6 Å². The number of likely N-dealkylation sites (N-methyl/N-ethyl adjacent to an activating group) is 1. The van der Waals surface area contributed by atoms with E-state index in [0.29, 0.717) is 80.6 Å². The molecule has 4 aliphatic heterocycles. The lowest BCUT2D eigenvalue weighted by atomic mass is 9.91. The number of carbonyl (C=O) groups is 2. The molecule has 6 heterocycles. The predicted octanol–water partition coefficient (Wildman–Crippen LogP) is 4.92. The number of nitrogens with two attached hydrogens (primary N) is 1. The molecule has 0 spiro atoms. The molecule has 344 valence electrons. The van der Waals surface area contributed by atoms with Crippen molar-refractivity contribution in [1.82, 2.24) is 35.1 Å². The van der Waals surface area contributed by atoms with Gasteiger partial charge in [-0.3, -0.25) is 19.3 Å². The van der Waals surface area contributed by atoms with E-state index in [9.17, 15) is 14.4 Å². The lowest BCUT2D eigenvalue weighted by Crippen LogP contribution is -2.70. The molecule has 17 heteroatoms. The molecule has 15 nitrogen and oxygen atoms in total. The summed E-state index contributed by atoms with van der Waals surface area (Å²) in [5, 5.41) is 6.54. The Morgan fingerprint density at radius 1 is 1.22 bits per heavy atom. The van der Waals surface area contributed by atoms with Gasteiger partial charge in [0, 0.05) is 83.3 Å². The van der Waals surface area contributed by atoms with E-state index in [2.05, 4.69) is 55.2 Å². The first-order valence-corrected chi connectivity index (χ1v) is 22.8. The molecule has 4 N–H and O–H groups in total. The van der Waals surface area contributed by atoms with Crippen LogP contribution >= 0.6 is 12.2 Å². The molecular weight excluding hydrogens is 836 g/mol. The van der Waals surface area contributed by atoms with Crippen molar-refractivity contribution in [3.63, 3.8) is 0 Å². The van der Waals surface area contributed by atoms with Crippen LogP contribution in [0.5, 0.6) is 5.75 Å². The van der Waals surface area contributed by atoms with Gasteiger partial charge in [0.2, 0.25) is 0 Å². The number of unbranched alkanes of at least 4 members (excludes halogenated alkanes) is 1. The summed E-state index contributed by atoms with van der Waals surface area (Å²) >= 11 is 5.22. The highest BCUT2D eigenvalue weighted by Gasteiger charge is 2.42. The number of nitrogens with one attached hydrogen (secondary N) is 2. The topological polar surface area (TPSA) is 154 Å². The van der Waals surface area contributed by atoms with Crippen LogP contribution in [0.25, 0.3) is 10.9 Å². The highest BCUT2D eigenvalue weighted by atomic mass is 32.1. The minimum Gasteiger partial charge on any atom is -0.487 e. The van der Waals surface area contributed by atoms with Crippen LogP contribution in [0.1, 0.15) is 65.5 Å². The number of halogens is 1. The van der Waals surface area contributed by atoms with Gasteiger partial charge in [-0.15, -0.1) is 0 Å². The molecule has 4 aliphatic rings. The Kier molecular flexibility index (Phi) is 14.9. The molecule has 6 unspecified atom stereocenters. The second kappa shape index (κ2) is 20.3. The molecular formula is C47H63FN10O5S. The second-order valence-electron chi connectivity index (χ2n) is 17.4. The molecule has 1 aromatic carbocycles. The Balaban J connectivity index is 1.14. The first-order valence-electron chi connectivity index (χ1n) is 22.4. The number of thiocarbonyl (C=S) groups is 1. The predicted molar refractivity (Wildman–Crippen MR) is 254 cm³/mol. The average Bonchev–Trinajstić information content (AvgIpc) is 3.72. The van der Waals surface area contributed by atoms with E-state index in [1.165, 1.54) is 6.07 Å². The van der Waals surface area contributed by atoms with E-state index in [0.717, 1.165) is 41.2 Å². The molecule has 2 amide bonds. The number of amides is 2. The Bertz CT molecular complexity index is 2370. The fourth-order valence-corrected chi connectivity index (χ4v) is 9.54. The van der Waals surface area contributed by atoms with Crippen molar-refractivity contribution in [2.45, 2.75) is 90.8 Å². The number of ether oxygens (including phenoxy) is 2. The maximum absolute atomic E-state index is 16.8. The number of nitrogens with zero attached hydrogens (tertiary/aromatic N) is 7. The van der Waals surface area contributed by atoms with Crippen molar-refractivity contribution in [2.75, 3.05) is 75.6 Å². The summed E-state index contributed by atoms with van der Waals surface area (Å²) in [7, 11) is 3.65. The lowest BCUT2D eigenvalue weighted by molar-refractivity contribution is -0.164. The van der Waals surface area contributed by atoms with Crippen LogP contribution in [-0.2, 0) is 20.9 Å². The normalized spacial score (nSPS) is 22.2. The fourth-order valence-electron chi connectivity index (χ4n) is 9.36. The van der Waals surface area contributed by atoms with E-state index in [1.807, 2.05) is 49.2 Å². The van der Waals surface area contributed by atoms with Crippen molar-refractivity contribution in [3.05, 3.63) is 87.8 Å². The summed E-state index contributed by atoms with van der Waals surface area (Å²) in [5.41, 5.74) is 13.1. The standard InChI is InChI=1S/C47H63FN10O5S/c1-8-33-25-56(27-37(33)39(9-2)51-30(4)46(60)58-47(61)31(5)52-58)43-38(48)21-36-42-45(43)63-28-29(3)57(42)26-34(44(36)59)24-54(23-32-14-17-53(6)41(20-32)62-7)15-10-11-16-55(18-19-64)35-12-13-40(49)50-22-35/h8,12-14,17,19-22,26,29-31,37,39,41,51-52H,9-11,15-16,18,23-25,27-28H2,1-7H3,(H2,49,50)/b33-8+. The number of anilines is 3. The van der Waals surface area contributed by atoms with Gasteiger partial charge in [-0.1, -0.05) is 25.2 Å². The average molecular weight is 899 g/mol. The molecule has 0 saturated carbocycles. The highest BCUT2D eigenvalue weighted by Crippen LogP contribution is 2.44. The number of aromatic nitrogens is 2. The smallest absolute Gasteiger partial charge is 0.262 e. The highest BCUT2D eigenvalue weighted by molar-refractivity contribution is 7.79. The van der Waals surface area contributed by atoms with Crippen LogP contribution in [0.4, 0.5) is 21.6 Å². The monoisotopic (exact) mass is 898 g/mol. The number of rotatable bonds is 19. The summed E-state index contributed by atoms with van der Waals surface area (Å²) in [6.45, 7) is 13.8. The maximum atomic E-state index is 16.8. The summed E-state index contributed by atoms with van der Waals surface area (Å²) in [4.78, 5) is 52.7. The van der Waals surface area contributed by atoms with Crippen molar-refractivity contribution in [2.24, 2.45) is 5.92 Å². The molecule has 3 aromatic rings. The van der Waals surface area contributed by atoms with Crippen LogP contribution < -0.4 is 36.4 Å². The third-order valence-electron chi connectivity index (χ3n) is 13.0. The number of hydrazine groups is 1. The summed E-state index contributed by atoms with van der Waals surface area (Å²) < 4.78 is 31.0. The minimum absolute atomic E-state index is 0.0453. The number of hydrogen-bond donors (Lipinski definition) is 3. The quantitative estimate of drug-likeness (QED) is 0.0848. The molecule has 64 heavy (non-hydrogen) atoms. The zero-order valence-corrected chi connectivity index (χ0v) is 38.9. The number of nitrogen functional groups attached to an aromatic ring is 1. The number of methoxy groups -OCH3 is 1. The summed E-state index contributed by atoms with van der Waals surface area (Å²) in [5.74, 6) is -0.314. The number of allylic oxidation sites excluding steroid dienone is 1. The fraction of sp³-hybridized carbons (Fsp3) is 0.511. The van der Waals surface area contributed by atoms with E-state index < -0.39 is 11.9 Å². The summed E-state index contributed by atoms with van der Waals surface area (Å²) in [6, 6.07) is 3.89. The van der Waals surface area contributed by atoms with Gasteiger partial charge >= 0.3 is 0 Å². The van der Waals surface area contributed by atoms with Gasteiger partial charge in [0.15, 0.2) is 17.0 Å². The SMILES string of the molecule is C/C=C1\CN(c2c(F)cc3c(=O)c(CN(CCCCN(CC=S)c4ccc(N)nc4)CC4=CC(OC)N(C)C=C4)cn4c3c2OCC4C)CC1C(CC)NC(C)C(=O)N1NC(C)C1=O. The van der Waals surface area contributed by atoms with Gasteiger partial charge in [0.05, 0.1) is 34.9 Å². The van der Waals surface area contributed by atoms with Gasteiger partial charge in [-0.2, -0.15) is 0 Å². The molecule has 2 fully saturated rings. The van der Waals surface area contributed by atoms with Crippen LogP contribution in [0.3, 0.4) is 0 Å². The number of pyridine rings is 2. The number of carbonyl (C=O) groups excluding carboxylic acids is 2. The number of hydrogen-bond acceptors (Lipinski definition) is 14.